The standard InChI is InChI=1S/C13H10IN3O4/c14-11-6-10(17(20)21)1-2-12(11)16-7-9-5-8(13(18)19)3-4-15-9/h1-6,16H,7H2,(H,18,19). The summed E-state index contributed by atoms with van der Waals surface area (Å²) in [5.74, 6) is -1.01. The summed E-state index contributed by atoms with van der Waals surface area (Å²) in [6, 6.07) is 7.38. The van der Waals surface area contributed by atoms with Gasteiger partial charge in [-0.3, -0.25) is 15.1 Å². The molecule has 0 aliphatic heterocycles. The van der Waals surface area contributed by atoms with Gasteiger partial charge < -0.3 is 10.4 Å². The van der Waals surface area contributed by atoms with Crippen molar-refractivity contribution >= 4 is 39.9 Å². The van der Waals surface area contributed by atoms with Crippen LogP contribution < -0.4 is 5.32 Å². The number of nitrogens with one attached hydrogen (secondary N) is 1. The van der Waals surface area contributed by atoms with Gasteiger partial charge in [0.15, 0.2) is 0 Å². The summed E-state index contributed by atoms with van der Waals surface area (Å²) in [5.41, 5.74) is 1.49. The fourth-order valence-electron chi connectivity index (χ4n) is 1.65. The number of anilines is 1. The molecule has 1 aromatic carbocycles. The highest BCUT2D eigenvalue weighted by atomic mass is 127. The highest BCUT2D eigenvalue weighted by Gasteiger charge is 2.09. The van der Waals surface area contributed by atoms with Gasteiger partial charge in [0.25, 0.3) is 5.69 Å². The maximum absolute atomic E-state index is 10.9. The Morgan fingerprint density at radius 2 is 2.14 bits per heavy atom. The van der Waals surface area contributed by atoms with Gasteiger partial charge in [-0.1, -0.05) is 0 Å². The van der Waals surface area contributed by atoms with Crippen LogP contribution in [0.3, 0.4) is 0 Å². The Labute approximate surface area is 133 Å². The quantitative estimate of drug-likeness (QED) is 0.455. The van der Waals surface area contributed by atoms with Crippen molar-refractivity contribution < 1.29 is 14.8 Å². The van der Waals surface area contributed by atoms with E-state index in [1.54, 1.807) is 6.07 Å². The summed E-state index contributed by atoms with van der Waals surface area (Å²) in [6.07, 6.45) is 1.43. The van der Waals surface area contributed by atoms with Gasteiger partial charge in [-0.15, -0.1) is 0 Å². The van der Waals surface area contributed by atoms with E-state index in [4.69, 9.17) is 5.11 Å². The predicted molar refractivity (Wildman–Crippen MR) is 84.3 cm³/mol. The van der Waals surface area contributed by atoms with E-state index in [2.05, 4.69) is 10.3 Å². The van der Waals surface area contributed by atoms with E-state index in [1.165, 1.54) is 30.5 Å². The Bertz CT molecular complexity index is 706. The number of nitro groups is 1. The van der Waals surface area contributed by atoms with Crippen LogP contribution in [0.2, 0.25) is 0 Å². The average Bonchev–Trinajstić information content (AvgIpc) is 2.46. The van der Waals surface area contributed by atoms with Crippen molar-refractivity contribution in [3.63, 3.8) is 0 Å². The number of carboxylic acid groups (broad SMARTS) is 1. The van der Waals surface area contributed by atoms with E-state index < -0.39 is 10.9 Å². The molecule has 2 aromatic rings. The summed E-state index contributed by atoms with van der Waals surface area (Å²) in [4.78, 5) is 25.2. The molecule has 0 saturated heterocycles. The summed E-state index contributed by atoms with van der Waals surface area (Å²) in [5, 5.41) is 22.6. The number of pyridine rings is 1. The Balaban J connectivity index is 2.11. The van der Waals surface area contributed by atoms with Gasteiger partial charge in [0.2, 0.25) is 0 Å². The molecule has 0 radical (unpaired) electrons. The molecule has 7 nitrogen and oxygen atoms in total. The molecule has 2 N–H and O–H groups in total. The van der Waals surface area contributed by atoms with Crippen molar-refractivity contribution in [1.82, 2.24) is 4.98 Å². The second kappa shape index (κ2) is 6.48. The first-order valence-corrected chi connectivity index (χ1v) is 6.91. The van der Waals surface area contributed by atoms with Crippen LogP contribution in [0.25, 0.3) is 0 Å². The molecule has 2 rings (SSSR count). The molecular weight excluding hydrogens is 389 g/mol. The number of rotatable bonds is 5. The predicted octanol–water partition coefficient (Wildman–Crippen LogP) is 2.90. The van der Waals surface area contributed by atoms with Gasteiger partial charge in [0, 0.05) is 27.6 Å². The Morgan fingerprint density at radius 1 is 1.38 bits per heavy atom. The van der Waals surface area contributed by atoms with Crippen molar-refractivity contribution in [3.8, 4) is 0 Å². The zero-order chi connectivity index (χ0) is 15.4. The third-order valence-electron chi connectivity index (χ3n) is 2.69. The zero-order valence-corrected chi connectivity index (χ0v) is 12.8. The van der Waals surface area contributed by atoms with Gasteiger partial charge in [0.1, 0.15) is 0 Å². The van der Waals surface area contributed by atoms with E-state index in [1.807, 2.05) is 22.6 Å². The molecule has 0 aliphatic rings. The molecule has 8 heteroatoms. The van der Waals surface area contributed by atoms with E-state index in [0.717, 1.165) is 5.69 Å². The van der Waals surface area contributed by atoms with E-state index >= 15 is 0 Å². The largest absolute Gasteiger partial charge is 0.478 e. The molecule has 0 fully saturated rings. The highest BCUT2D eigenvalue weighted by Crippen LogP contribution is 2.24. The molecule has 0 atom stereocenters. The van der Waals surface area contributed by atoms with Gasteiger partial charge >= 0.3 is 5.97 Å². The lowest BCUT2D eigenvalue weighted by atomic mass is 10.2. The molecule has 0 aliphatic carbocycles. The maximum Gasteiger partial charge on any atom is 0.335 e. The lowest BCUT2D eigenvalue weighted by molar-refractivity contribution is -0.384. The Morgan fingerprint density at radius 3 is 2.76 bits per heavy atom. The normalized spacial score (nSPS) is 10.1. The highest BCUT2D eigenvalue weighted by molar-refractivity contribution is 14.1. The number of nitro benzene ring substituents is 1. The third kappa shape index (κ3) is 3.88. The van der Waals surface area contributed by atoms with Crippen molar-refractivity contribution in [3.05, 3.63) is 61.5 Å². The molecule has 0 bridgehead atoms. The van der Waals surface area contributed by atoms with Crippen LogP contribution in [-0.2, 0) is 6.54 Å². The number of benzene rings is 1. The molecule has 1 aromatic heterocycles. The third-order valence-corrected chi connectivity index (χ3v) is 3.58. The summed E-state index contributed by atoms with van der Waals surface area (Å²) in [6.45, 7) is 0.328. The van der Waals surface area contributed by atoms with Crippen LogP contribution in [0.1, 0.15) is 16.1 Å². The van der Waals surface area contributed by atoms with Gasteiger partial charge in [-0.25, -0.2) is 4.79 Å². The van der Waals surface area contributed by atoms with Crippen molar-refractivity contribution in [2.75, 3.05) is 5.32 Å². The van der Waals surface area contributed by atoms with Crippen molar-refractivity contribution in [2.45, 2.75) is 6.54 Å². The lowest BCUT2D eigenvalue weighted by Crippen LogP contribution is -2.05. The van der Waals surface area contributed by atoms with Crippen molar-refractivity contribution in [1.29, 1.82) is 0 Å². The number of non-ortho nitro benzene ring substituents is 1. The first-order valence-electron chi connectivity index (χ1n) is 5.83. The topological polar surface area (TPSA) is 105 Å². The summed E-state index contributed by atoms with van der Waals surface area (Å²) < 4.78 is 0.705. The average molecular weight is 399 g/mol. The van der Waals surface area contributed by atoms with Gasteiger partial charge in [0.05, 0.1) is 22.7 Å². The summed E-state index contributed by atoms with van der Waals surface area (Å²) in [7, 11) is 0. The SMILES string of the molecule is O=C(O)c1ccnc(CNc2ccc([N+](=O)[O-])cc2I)c1. The van der Waals surface area contributed by atoms with E-state index in [0.29, 0.717) is 15.8 Å². The molecule has 1 heterocycles. The minimum absolute atomic E-state index is 0.0240. The fourth-order valence-corrected chi connectivity index (χ4v) is 2.34. The number of aromatic carboxylic acids is 1. The fraction of sp³-hybridized carbons (Fsp3) is 0.0769. The number of halogens is 1. The first-order chi connectivity index (χ1) is 9.97. The lowest BCUT2D eigenvalue weighted by Gasteiger charge is -2.08. The monoisotopic (exact) mass is 399 g/mol. The first kappa shape index (κ1) is 15.2. The maximum atomic E-state index is 10.9. The Hall–Kier alpha value is -2.23. The zero-order valence-electron chi connectivity index (χ0n) is 10.6. The van der Waals surface area contributed by atoms with Crippen LogP contribution >= 0.6 is 22.6 Å². The number of hydrogen-bond donors (Lipinski definition) is 2. The van der Waals surface area contributed by atoms with Gasteiger partial charge in [-0.05, 0) is 40.8 Å². The Kier molecular flexibility index (Phi) is 4.68. The smallest absolute Gasteiger partial charge is 0.335 e. The molecule has 0 unspecified atom stereocenters. The second-order valence-corrected chi connectivity index (χ2v) is 5.28. The number of carbonyl (C=O) groups is 1. The van der Waals surface area contributed by atoms with Crippen molar-refractivity contribution in [2.24, 2.45) is 0 Å². The minimum Gasteiger partial charge on any atom is -0.478 e. The van der Waals surface area contributed by atoms with Crippen LogP contribution in [0, 0.1) is 13.7 Å². The van der Waals surface area contributed by atoms with Crippen LogP contribution in [-0.4, -0.2) is 21.0 Å². The number of hydrogen-bond acceptors (Lipinski definition) is 5. The van der Waals surface area contributed by atoms with Crippen LogP contribution in [0.4, 0.5) is 11.4 Å². The van der Waals surface area contributed by atoms with Crippen LogP contribution in [0.15, 0.2) is 36.5 Å². The number of nitrogens with zero attached hydrogens (tertiary/aromatic N) is 2. The van der Waals surface area contributed by atoms with E-state index in [9.17, 15) is 14.9 Å². The molecule has 0 saturated carbocycles. The number of aromatic nitrogens is 1. The molecule has 108 valence electrons. The molecule has 21 heavy (non-hydrogen) atoms. The van der Waals surface area contributed by atoms with Crippen LogP contribution in [0.5, 0.6) is 0 Å². The summed E-state index contributed by atoms with van der Waals surface area (Å²) >= 11 is 2.00. The second-order valence-electron chi connectivity index (χ2n) is 4.12. The molecular formula is C13H10IN3O4. The van der Waals surface area contributed by atoms with E-state index in [-0.39, 0.29) is 11.3 Å². The molecule has 0 spiro atoms. The number of carboxylic acids is 1. The minimum atomic E-state index is -1.01. The molecule has 0 amide bonds. The van der Waals surface area contributed by atoms with Gasteiger partial charge in [-0.2, -0.15) is 0 Å².